The minimum Gasteiger partial charge on any atom is -0.502 e. The molecule has 0 radical (unpaired) electrons. The molecule has 0 bridgehead atoms. The standard InChI is InChI=1S/C13H14N4O4/c1-20-8-3-6(4-9(21-2)11(8)19)10(18)7-5-16-13(15)17-12(7)14/h3-5,19H,1-2H3,(H4,14,15,16,17). The van der Waals surface area contributed by atoms with E-state index in [-0.39, 0.29) is 40.1 Å². The Morgan fingerprint density at radius 3 is 2.24 bits per heavy atom. The van der Waals surface area contributed by atoms with Gasteiger partial charge < -0.3 is 26.0 Å². The first kappa shape index (κ1) is 14.4. The lowest BCUT2D eigenvalue weighted by Crippen LogP contribution is -2.10. The quantitative estimate of drug-likeness (QED) is 0.697. The van der Waals surface area contributed by atoms with E-state index in [0.717, 1.165) is 0 Å². The van der Waals surface area contributed by atoms with Crippen molar-refractivity contribution in [3.05, 3.63) is 29.5 Å². The highest BCUT2D eigenvalue weighted by atomic mass is 16.5. The summed E-state index contributed by atoms with van der Waals surface area (Å²) in [6.45, 7) is 0. The van der Waals surface area contributed by atoms with Gasteiger partial charge in [0, 0.05) is 11.8 Å². The van der Waals surface area contributed by atoms with Gasteiger partial charge in [-0.25, -0.2) is 4.98 Å². The normalized spacial score (nSPS) is 10.2. The predicted molar refractivity (Wildman–Crippen MR) is 75.5 cm³/mol. The molecule has 2 rings (SSSR count). The lowest BCUT2D eigenvalue weighted by molar-refractivity contribution is 0.103. The molecule has 0 aliphatic rings. The van der Waals surface area contributed by atoms with Crippen LogP contribution in [0.1, 0.15) is 15.9 Å². The van der Waals surface area contributed by atoms with Crippen molar-refractivity contribution in [1.29, 1.82) is 0 Å². The van der Waals surface area contributed by atoms with Gasteiger partial charge in [0.1, 0.15) is 5.82 Å². The summed E-state index contributed by atoms with van der Waals surface area (Å²) in [6.07, 6.45) is 1.24. The van der Waals surface area contributed by atoms with E-state index in [1.807, 2.05) is 0 Å². The molecule has 0 fully saturated rings. The molecule has 0 saturated carbocycles. The van der Waals surface area contributed by atoms with Crippen molar-refractivity contribution in [2.45, 2.75) is 0 Å². The molecular weight excluding hydrogens is 276 g/mol. The van der Waals surface area contributed by atoms with E-state index in [1.54, 1.807) is 0 Å². The zero-order valence-electron chi connectivity index (χ0n) is 11.5. The van der Waals surface area contributed by atoms with Crippen molar-refractivity contribution in [2.24, 2.45) is 0 Å². The Labute approximate surface area is 120 Å². The highest BCUT2D eigenvalue weighted by Crippen LogP contribution is 2.37. The molecular formula is C13H14N4O4. The number of carbonyl (C=O) groups excluding carboxylic acids is 1. The third-order valence-electron chi connectivity index (χ3n) is 2.82. The van der Waals surface area contributed by atoms with E-state index in [9.17, 15) is 9.90 Å². The smallest absolute Gasteiger partial charge is 0.221 e. The number of aromatic hydroxyl groups is 1. The number of phenolic OH excluding ortho intramolecular Hbond substituents is 1. The Hall–Kier alpha value is -3.03. The summed E-state index contributed by atoms with van der Waals surface area (Å²) in [6, 6.07) is 2.74. The van der Waals surface area contributed by atoms with Crippen LogP contribution >= 0.6 is 0 Å². The summed E-state index contributed by atoms with van der Waals surface area (Å²) in [5, 5.41) is 9.83. The number of hydrogen-bond acceptors (Lipinski definition) is 8. The van der Waals surface area contributed by atoms with Crippen molar-refractivity contribution in [3.63, 3.8) is 0 Å². The first-order valence-electron chi connectivity index (χ1n) is 5.85. The second-order valence-electron chi connectivity index (χ2n) is 4.09. The molecule has 1 aromatic carbocycles. The molecule has 21 heavy (non-hydrogen) atoms. The average molecular weight is 290 g/mol. The molecule has 0 aliphatic carbocycles. The van der Waals surface area contributed by atoms with E-state index < -0.39 is 5.78 Å². The zero-order chi connectivity index (χ0) is 15.6. The maximum Gasteiger partial charge on any atom is 0.221 e. The van der Waals surface area contributed by atoms with Crippen LogP contribution in [0.3, 0.4) is 0 Å². The number of anilines is 2. The maximum absolute atomic E-state index is 12.4. The Bertz CT molecular complexity index is 678. The SMILES string of the molecule is COc1cc(C(=O)c2cnc(N)nc2N)cc(OC)c1O. The topological polar surface area (TPSA) is 134 Å². The summed E-state index contributed by atoms with van der Waals surface area (Å²) in [7, 11) is 2.73. The minimum atomic E-state index is -0.441. The average Bonchev–Trinajstić information content (AvgIpc) is 2.47. The molecule has 1 aromatic heterocycles. The minimum absolute atomic E-state index is 0.0232. The van der Waals surface area contributed by atoms with Crippen LogP contribution in [-0.2, 0) is 0 Å². The Balaban J connectivity index is 2.53. The van der Waals surface area contributed by atoms with Gasteiger partial charge in [-0.2, -0.15) is 4.98 Å². The number of ketones is 1. The van der Waals surface area contributed by atoms with Gasteiger partial charge in [-0.3, -0.25) is 4.79 Å². The largest absolute Gasteiger partial charge is 0.502 e. The predicted octanol–water partition coefficient (Wildman–Crippen LogP) is 0.595. The fourth-order valence-electron chi connectivity index (χ4n) is 1.76. The van der Waals surface area contributed by atoms with Crippen molar-refractivity contribution in [2.75, 3.05) is 25.7 Å². The fraction of sp³-hybridized carbons (Fsp3) is 0.154. The molecule has 8 nitrogen and oxygen atoms in total. The maximum atomic E-state index is 12.4. The number of nitrogens with zero attached hydrogens (tertiary/aromatic N) is 2. The van der Waals surface area contributed by atoms with Gasteiger partial charge in [0.15, 0.2) is 17.3 Å². The van der Waals surface area contributed by atoms with Crippen LogP contribution in [0.15, 0.2) is 18.3 Å². The van der Waals surface area contributed by atoms with Crippen molar-refractivity contribution < 1.29 is 19.4 Å². The molecule has 0 saturated heterocycles. The second-order valence-corrected chi connectivity index (χ2v) is 4.09. The van der Waals surface area contributed by atoms with Crippen LogP contribution in [-0.4, -0.2) is 35.1 Å². The molecule has 0 aliphatic heterocycles. The van der Waals surface area contributed by atoms with Gasteiger partial charge in [0.2, 0.25) is 11.7 Å². The monoisotopic (exact) mass is 290 g/mol. The number of methoxy groups -OCH3 is 2. The molecule has 8 heteroatoms. The summed E-state index contributed by atoms with van der Waals surface area (Å²) < 4.78 is 10.00. The summed E-state index contributed by atoms with van der Waals surface area (Å²) in [4.78, 5) is 19.9. The number of nitrogen functional groups attached to an aromatic ring is 2. The van der Waals surface area contributed by atoms with Crippen molar-refractivity contribution >= 4 is 17.5 Å². The zero-order valence-corrected chi connectivity index (χ0v) is 11.5. The number of aromatic nitrogens is 2. The highest BCUT2D eigenvalue weighted by molar-refractivity contribution is 6.12. The summed E-state index contributed by atoms with van der Waals surface area (Å²) >= 11 is 0. The number of benzene rings is 1. The lowest BCUT2D eigenvalue weighted by atomic mass is 10.0. The third kappa shape index (κ3) is 2.64. The number of carbonyl (C=O) groups is 1. The van der Waals surface area contributed by atoms with Crippen LogP contribution in [0.4, 0.5) is 11.8 Å². The summed E-state index contributed by atoms with van der Waals surface area (Å²) in [5.74, 6) is -0.481. The molecule has 0 atom stereocenters. The molecule has 0 unspecified atom stereocenters. The van der Waals surface area contributed by atoms with Crippen LogP contribution in [0.25, 0.3) is 0 Å². The number of ether oxygens (including phenoxy) is 2. The Kier molecular flexibility index (Phi) is 3.79. The number of phenols is 1. The number of rotatable bonds is 4. The first-order chi connectivity index (χ1) is 9.97. The second kappa shape index (κ2) is 5.53. The van der Waals surface area contributed by atoms with E-state index >= 15 is 0 Å². The molecule has 0 spiro atoms. The van der Waals surface area contributed by atoms with Crippen molar-refractivity contribution in [3.8, 4) is 17.2 Å². The van der Waals surface area contributed by atoms with Crippen molar-refractivity contribution in [1.82, 2.24) is 9.97 Å². The Morgan fingerprint density at radius 2 is 1.76 bits per heavy atom. The highest BCUT2D eigenvalue weighted by Gasteiger charge is 2.19. The molecule has 1 heterocycles. The lowest BCUT2D eigenvalue weighted by Gasteiger charge is -2.11. The van der Waals surface area contributed by atoms with Crippen LogP contribution in [0.5, 0.6) is 17.2 Å². The van der Waals surface area contributed by atoms with E-state index in [1.165, 1.54) is 32.5 Å². The summed E-state index contributed by atoms with van der Waals surface area (Å²) in [5.41, 5.74) is 11.4. The van der Waals surface area contributed by atoms with Gasteiger partial charge in [-0.15, -0.1) is 0 Å². The first-order valence-corrected chi connectivity index (χ1v) is 5.85. The van der Waals surface area contributed by atoms with Crippen LogP contribution in [0.2, 0.25) is 0 Å². The van der Waals surface area contributed by atoms with Crippen LogP contribution < -0.4 is 20.9 Å². The molecule has 2 aromatic rings. The van der Waals surface area contributed by atoms with Gasteiger partial charge in [0.25, 0.3) is 0 Å². The van der Waals surface area contributed by atoms with E-state index in [4.69, 9.17) is 20.9 Å². The van der Waals surface area contributed by atoms with Gasteiger partial charge in [0.05, 0.1) is 19.8 Å². The van der Waals surface area contributed by atoms with Crippen LogP contribution in [0, 0.1) is 0 Å². The fourth-order valence-corrected chi connectivity index (χ4v) is 1.76. The molecule has 0 amide bonds. The van der Waals surface area contributed by atoms with E-state index in [2.05, 4.69) is 9.97 Å². The molecule has 5 N–H and O–H groups in total. The number of nitrogens with two attached hydrogens (primary N) is 2. The number of hydrogen-bond donors (Lipinski definition) is 3. The molecule has 110 valence electrons. The van der Waals surface area contributed by atoms with E-state index in [0.29, 0.717) is 0 Å². The van der Waals surface area contributed by atoms with Gasteiger partial charge >= 0.3 is 0 Å². The Morgan fingerprint density at radius 1 is 1.19 bits per heavy atom. The third-order valence-corrected chi connectivity index (χ3v) is 2.82. The van der Waals surface area contributed by atoms with Gasteiger partial charge in [-0.1, -0.05) is 0 Å². The van der Waals surface area contributed by atoms with Gasteiger partial charge in [-0.05, 0) is 12.1 Å².